The first-order chi connectivity index (χ1) is 27.1. The minimum Gasteiger partial charge on any atom is -0.228 e. The van der Waals surface area contributed by atoms with E-state index in [1.165, 1.54) is 64.5 Å². The fourth-order valence-electron chi connectivity index (χ4n) is 8.81. The molecule has 2 aromatic heterocycles. The number of thiophene rings is 1. The number of benzene rings is 8. The van der Waals surface area contributed by atoms with E-state index in [4.69, 9.17) is 9.97 Å². The third-order valence-corrected chi connectivity index (χ3v) is 12.8. The highest BCUT2D eigenvalue weighted by molar-refractivity contribution is 7.26. The molecular formula is C52H34N2S. The smallest absolute Gasteiger partial charge is 0.161 e. The second-order valence-electron chi connectivity index (χ2n) is 14.6. The van der Waals surface area contributed by atoms with E-state index < -0.39 is 0 Å². The van der Waals surface area contributed by atoms with E-state index in [1.807, 2.05) is 11.3 Å². The third-order valence-electron chi connectivity index (χ3n) is 11.6. The van der Waals surface area contributed by atoms with Crippen LogP contribution in [-0.2, 0) is 5.41 Å². The summed E-state index contributed by atoms with van der Waals surface area (Å²) < 4.78 is 2.64. The van der Waals surface area contributed by atoms with Crippen molar-refractivity contribution < 1.29 is 0 Å². The Morgan fingerprint density at radius 1 is 0.418 bits per heavy atom. The van der Waals surface area contributed by atoms with Gasteiger partial charge in [-0.1, -0.05) is 170 Å². The summed E-state index contributed by atoms with van der Waals surface area (Å²) >= 11 is 1.87. The molecule has 0 saturated heterocycles. The Labute approximate surface area is 324 Å². The lowest BCUT2D eigenvalue weighted by atomic mass is 9.74. The summed E-state index contributed by atoms with van der Waals surface area (Å²) in [7, 11) is 0. The Morgan fingerprint density at radius 3 is 1.89 bits per heavy atom. The zero-order chi connectivity index (χ0) is 36.5. The van der Waals surface area contributed by atoms with E-state index >= 15 is 0 Å². The van der Waals surface area contributed by atoms with Gasteiger partial charge in [0.05, 0.1) is 11.4 Å². The molecule has 0 saturated carbocycles. The maximum absolute atomic E-state index is 5.35. The van der Waals surface area contributed by atoms with Crippen molar-refractivity contribution in [2.45, 2.75) is 12.3 Å². The van der Waals surface area contributed by atoms with E-state index in [2.05, 4.69) is 195 Å². The molecule has 258 valence electrons. The lowest BCUT2D eigenvalue weighted by Gasteiger charge is -2.28. The lowest BCUT2D eigenvalue weighted by molar-refractivity contribution is 0.714. The van der Waals surface area contributed by atoms with Crippen LogP contribution in [0.4, 0.5) is 0 Å². The highest BCUT2D eigenvalue weighted by Gasteiger charge is 2.40. The van der Waals surface area contributed by atoms with Crippen LogP contribution in [0.15, 0.2) is 188 Å². The van der Waals surface area contributed by atoms with Gasteiger partial charge in [-0.05, 0) is 74.8 Å². The molecule has 0 aliphatic heterocycles. The van der Waals surface area contributed by atoms with Gasteiger partial charge in [0, 0.05) is 42.3 Å². The molecule has 11 rings (SSSR count). The van der Waals surface area contributed by atoms with Gasteiger partial charge in [-0.2, -0.15) is 0 Å². The van der Waals surface area contributed by atoms with Crippen LogP contribution in [0.25, 0.3) is 87.1 Å². The van der Waals surface area contributed by atoms with Gasteiger partial charge in [0.2, 0.25) is 0 Å². The third kappa shape index (κ3) is 5.01. The van der Waals surface area contributed by atoms with Gasteiger partial charge in [-0.25, -0.2) is 9.97 Å². The highest BCUT2D eigenvalue weighted by Crippen LogP contribution is 2.53. The predicted molar refractivity (Wildman–Crippen MR) is 232 cm³/mol. The van der Waals surface area contributed by atoms with Crippen molar-refractivity contribution in [2.24, 2.45) is 0 Å². The Kier molecular flexibility index (Phi) is 7.20. The van der Waals surface area contributed by atoms with E-state index in [-0.39, 0.29) is 5.41 Å². The number of hydrogen-bond acceptors (Lipinski definition) is 3. The van der Waals surface area contributed by atoms with Crippen LogP contribution in [-0.4, -0.2) is 9.97 Å². The van der Waals surface area contributed by atoms with Crippen LogP contribution >= 0.6 is 11.3 Å². The van der Waals surface area contributed by atoms with Gasteiger partial charge < -0.3 is 0 Å². The van der Waals surface area contributed by atoms with Crippen molar-refractivity contribution >= 4 is 42.3 Å². The minimum atomic E-state index is -0.301. The summed E-state index contributed by atoms with van der Waals surface area (Å²) in [5, 5.41) is 4.93. The summed E-state index contributed by atoms with van der Waals surface area (Å²) in [6, 6.07) is 68.0. The standard InChI is InChI=1S/C52H34N2S/c1-52(37-15-3-2-4-16-37)45-23-9-7-18-40(45)41-30-29-36(31-46(41)52)48-32-47(53-51(54-48)44-22-11-14-33-13-5-6-17-38(33)44)35-27-25-34(26-28-35)39-20-12-21-43-42-19-8-10-24-49(42)55-50(39)43/h2-32H,1H3. The summed E-state index contributed by atoms with van der Waals surface area (Å²) in [5.41, 5.74) is 13.6. The Hall–Kier alpha value is -6.68. The summed E-state index contributed by atoms with van der Waals surface area (Å²) in [4.78, 5) is 10.7. The molecule has 1 unspecified atom stereocenters. The minimum absolute atomic E-state index is 0.301. The molecule has 0 bridgehead atoms. The molecule has 2 heterocycles. The van der Waals surface area contributed by atoms with Gasteiger partial charge in [0.25, 0.3) is 0 Å². The van der Waals surface area contributed by atoms with Crippen LogP contribution in [0.2, 0.25) is 0 Å². The molecule has 8 aromatic carbocycles. The number of aromatic nitrogens is 2. The van der Waals surface area contributed by atoms with Gasteiger partial charge in [-0.3, -0.25) is 0 Å². The SMILES string of the molecule is CC1(c2ccccc2)c2ccccc2-c2ccc(-c3cc(-c4ccc(-c5cccc6c5sc5ccccc56)cc4)nc(-c4cccc5ccccc45)n3)cc21. The monoisotopic (exact) mass is 718 g/mol. The number of rotatable bonds is 5. The maximum atomic E-state index is 5.35. The summed E-state index contributed by atoms with van der Waals surface area (Å²) in [6.45, 7) is 2.37. The predicted octanol–water partition coefficient (Wildman–Crippen LogP) is 14.0. The summed E-state index contributed by atoms with van der Waals surface area (Å²) in [6.07, 6.45) is 0. The molecule has 0 spiro atoms. The second kappa shape index (κ2) is 12.4. The molecule has 3 heteroatoms. The molecule has 1 aliphatic carbocycles. The molecule has 0 amide bonds. The van der Waals surface area contributed by atoms with Gasteiger partial charge in [0.15, 0.2) is 5.82 Å². The molecule has 0 N–H and O–H groups in total. The Balaban J connectivity index is 1.08. The van der Waals surface area contributed by atoms with Crippen molar-refractivity contribution in [3.8, 4) is 56.2 Å². The second-order valence-corrected chi connectivity index (χ2v) is 15.7. The molecule has 0 radical (unpaired) electrons. The molecule has 10 aromatic rings. The molecule has 1 aliphatic rings. The van der Waals surface area contributed by atoms with Crippen LogP contribution < -0.4 is 0 Å². The fraction of sp³-hybridized carbons (Fsp3) is 0.0385. The number of fused-ring (bicyclic) bond motifs is 7. The van der Waals surface area contributed by atoms with Crippen LogP contribution in [0, 0.1) is 0 Å². The largest absolute Gasteiger partial charge is 0.228 e. The van der Waals surface area contributed by atoms with Gasteiger partial charge >= 0.3 is 0 Å². The first-order valence-corrected chi connectivity index (χ1v) is 19.6. The lowest BCUT2D eigenvalue weighted by Crippen LogP contribution is -2.22. The van der Waals surface area contributed by atoms with Crippen LogP contribution in [0.1, 0.15) is 23.6 Å². The topological polar surface area (TPSA) is 25.8 Å². The van der Waals surface area contributed by atoms with Gasteiger partial charge in [-0.15, -0.1) is 11.3 Å². The molecule has 0 fully saturated rings. The van der Waals surface area contributed by atoms with Crippen molar-refractivity contribution in [3.05, 3.63) is 205 Å². The van der Waals surface area contributed by atoms with Crippen LogP contribution in [0.5, 0.6) is 0 Å². The highest BCUT2D eigenvalue weighted by atomic mass is 32.1. The zero-order valence-corrected chi connectivity index (χ0v) is 31.0. The summed E-state index contributed by atoms with van der Waals surface area (Å²) in [5.74, 6) is 0.720. The van der Waals surface area contributed by atoms with Crippen molar-refractivity contribution in [1.82, 2.24) is 9.97 Å². The quantitative estimate of drug-likeness (QED) is 0.177. The van der Waals surface area contributed by atoms with Gasteiger partial charge in [0.1, 0.15) is 0 Å². The Bertz CT molecular complexity index is 3100. The average Bonchev–Trinajstić information content (AvgIpc) is 3.77. The first kappa shape index (κ1) is 31.8. The van der Waals surface area contributed by atoms with Crippen molar-refractivity contribution in [2.75, 3.05) is 0 Å². The average molecular weight is 719 g/mol. The van der Waals surface area contributed by atoms with Crippen LogP contribution in [0.3, 0.4) is 0 Å². The van der Waals surface area contributed by atoms with E-state index in [9.17, 15) is 0 Å². The Morgan fingerprint density at radius 2 is 1.02 bits per heavy atom. The normalized spacial score (nSPS) is 14.7. The number of hydrogen-bond donors (Lipinski definition) is 0. The first-order valence-electron chi connectivity index (χ1n) is 18.8. The van der Waals surface area contributed by atoms with Crippen molar-refractivity contribution in [1.29, 1.82) is 0 Å². The number of nitrogens with zero attached hydrogens (tertiary/aromatic N) is 2. The van der Waals surface area contributed by atoms with E-state index in [1.54, 1.807) is 0 Å². The maximum Gasteiger partial charge on any atom is 0.161 e. The zero-order valence-electron chi connectivity index (χ0n) is 30.2. The fourth-order valence-corrected chi connectivity index (χ4v) is 10.1. The molecule has 1 atom stereocenters. The molecule has 55 heavy (non-hydrogen) atoms. The van der Waals surface area contributed by atoms with Crippen molar-refractivity contribution in [3.63, 3.8) is 0 Å². The van der Waals surface area contributed by atoms with E-state index in [0.717, 1.165) is 39.3 Å². The molecular weight excluding hydrogens is 685 g/mol. The molecule has 2 nitrogen and oxygen atoms in total. The van der Waals surface area contributed by atoms with E-state index in [0.29, 0.717) is 0 Å².